The number of alkyl halides is 3. The molecule has 3 aromatic rings. The van der Waals surface area contributed by atoms with E-state index in [-0.39, 0.29) is 24.9 Å². The number of halogens is 3. The number of carbonyl (C=O) groups excluding carboxylic acids is 1. The normalized spacial score (nSPS) is 24.5. The van der Waals surface area contributed by atoms with Gasteiger partial charge in [0.1, 0.15) is 23.9 Å². The molecule has 0 bridgehead atoms. The number of hydrogen-bond donors (Lipinski definition) is 1. The Hall–Kier alpha value is -3.51. The summed E-state index contributed by atoms with van der Waals surface area (Å²) in [6, 6.07) is 9.50. The van der Waals surface area contributed by atoms with Gasteiger partial charge in [-0.2, -0.15) is 13.2 Å². The Balaban J connectivity index is 1.21. The highest BCUT2D eigenvalue weighted by Crippen LogP contribution is 2.36. The largest absolute Gasteiger partial charge is 0.441 e. The van der Waals surface area contributed by atoms with Gasteiger partial charge in [-0.3, -0.25) is 10.3 Å². The Morgan fingerprint density at radius 2 is 1.94 bits per heavy atom. The van der Waals surface area contributed by atoms with Crippen LogP contribution in [0.15, 0.2) is 54.9 Å². The van der Waals surface area contributed by atoms with E-state index in [2.05, 4.69) is 20.6 Å². The van der Waals surface area contributed by atoms with Gasteiger partial charge in [0.25, 0.3) is 0 Å². The first-order chi connectivity index (χ1) is 15.9. The molecule has 172 valence electrons. The van der Waals surface area contributed by atoms with Gasteiger partial charge in [-0.25, -0.2) is 9.48 Å². The molecule has 2 aliphatic rings. The number of carbonyl (C=O) groups is 1. The molecule has 1 aromatic carbocycles. The summed E-state index contributed by atoms with van der Waals surface area (Å²) in [5.74, 6) is 0. The van der Waals surface area contributed by atoms with Crippen molar-refractivity contribution < 1.29 is 32.2 Å². The highest BCUT2D eigenvalue weighted by Gasteiger charge is 2.50. The number of benzene rings is 1. The monoisotopic (exact) mass is 461 g/mol. The number of pyridine rings is 1. The molecular formula is C21H18F3N5O4. The Morgan fingerprint density at radius 1 is 1.09 bits per heavy atom. The van der Waals surface area contributed by atoms with Crippen molar-refractivity contribution in [1.29, 1.82) is 0 Å². The van der Waals surface area contributed by atoms with Crippen LogP contribution in [0.3, 0.4) is 0 Å². The van der Waals surface area contributed by atoms with Gasteiger partial charge in [0.2, 0.25) is 0 Å². The van der Waals surface area contributed by atoms with Gasteiger partial charge in [-0.1, -0.05) is 17.3 Å². The molecule has 2 aromatic heterocycles. The Bertz CT molecular complexity index is 1140. The van der Waals surface area contributed by atoms with Gasteiger partial charge in [0.15, 0.2) is 6.10 Å². The molecule has 4 atom stereocenters. The van der Waals surface area contributed by atoms with Crippen LogP contribution >= 0.6 is 0 Å². The third-order valence-electron chi connectivity index (χ3n) is 5.45. The summed E-state index contributed by atoms with van der Waals surface area (Å²) in [5.41, 5.74) is 0.383. The molecule has 0 aliphatic carbocycles. The van der Waals surface area contributed by atoms with Gasteiger partial charge in [-0.15, -0.1) is 5.10 Å². The first-order valence-corrected chi connectivity index (χ1v) is 10.1. The van der Waals surface area contributed by atoms with Crippen LogP contribution in [-0.4, -0.2) is 57.6 Å². The lowest BCUT2D eigenvalue weighted by molar-refractivity contribution is -0.137. The number of rotatable bonds is 4. The zero-order valence-corrected chi connectivity index (χ0v) is 17.0. The summed E-state index contributed by atoms with van der Waals surface area (Å²) < 4.78 is 57.2. The molecule has 2 aliphatic heterocycles. The standard InChI is InChI=1S/C21H18F3N5O4/c22-21(23,24)12-4-3-5-13(8-12)26-20(30)33-17-11-32-18-16(10-31-19(17)18)29-9-15(27-28-29)14-6-1-2-7-25-14/h1-9,16-19H,10-11H2,(H,26,30)/t16-,17+,18+,19+/m0/s1. The van der Waals surface area contributed by atoms with Gasteiger partial charge in [-0.05, 0) is 30.3 Å². The van der Waals surface area contributed by atoms with Crippen LogP contribution < -0.4 is 5.32 Å². The zero-order chi connectivity index (χ0) is 23.0. The first kappa shape index (κ1) is 21.3. The fourth-order valence-corrected chi connectivity index (χ4v) is 3.90. The molecule has 4 heterocycles. The molecule has 0 radical (unpaired) electrons. The highest BCUT2D eigenvalue weighted by molar-refractivity contribution is 5.84. The minimum Gasteiger partial charge on any atom is -0.441 e. The van der Waals surface area contributed by atoms with Gasteiger partial charge >= 0.3 is 12.3 Å². The third-order valence-corrected chi connectivity index (χ3v) is 5.45. The molecule has 2 fully saturated rings. The molecule has 1 amide bonds. The van der Waals surface area contributed by atoms with Crippen molar-refractivity contribution in [2.75, 3.05) is 18.5 Å². The van der Waals surface area contributed by atoms with E-state index >= 15 is 0 Å². The number of anilines is 1. The summed E-state index contributed by atoms with van der Waals surface area (Å²) in [6.07, 6.45) is -3.68. The quantitative estimate of drug-likeness (QED) is 0.636. The van der Waals surface area contributed by atoms with E-state index in [1.54, 1.807) is 23.1 Å². The number of fused-ring (bicyclic) bond motifs is 1. The van der Waals surface area contributed by atoms with E-state index in [1.165, 1.54) is 12.1 Å². The Labute approximate surface area is 185 Å². The van der Waals surface area contributed by atoms with E-state index in [0.29, 0.717) is 11.4 Å². The van der Waals surface area contributed by atoms with Crippen molar-refractivity contribution in [1.82, 2.24) is 20.0 Å². The van der Waals surface area contributed by atoms with Crippen molar-refractivity contribution in [3.05, 3.63) is 60.4 Å². The van der Waals surface area contributed by atoms with Gasteiger partial charge in [0.05, 0.1) is 30.7 Å². The van der Waals surface area contributed by atoms with E-state index in [1.807, 2.05) is 12.1 Å². The van der Waals surface area contributed by atoms with E-state index in [0.717, 1.165) is 12.1 Å². The second kappa shape index (κ2) is 8.45. The van der Waals surface area contributed by atoms with E-state index in [9.17, 15) is 18.0 Å². The van der Waals surface area contributed by atoms with Crippen molar-refractivity contribution in [3.8, 4) is 11.4 Å². The number of aromatic nitrogens is 4. The minimum absolute atomic E-state index is 0.0276. The maximum atomic E-state index is 12.9. The number of nitrogens with one attached hydrogen (secondary N) is 1. The van der Waals surface area contributed by atoms with Crippen LogP contribution in [0.5, 0.6) is 0 Å². The highest BCUT2D eigenvalue weighted by atomic mass is 19.4. The SMILES string of the molecule is O=C(Nc1cccc(C(F)(F)F)c1)O[C@@H]1CO[C@H]2[C@@H]1OC[C@@H]2n1cc(-c2ccccn2)nn1. The summed E-state index contributed by atoms with van der Waals surface area (Å²) >= 11 is 0. The topological polar surface area (TPSA) is 100 Å². The maximum Gasteiger partial charge on any atom is 0.416 e. The van der Waals surface area contributed by atoms with Gasteiger partial charge in [0, 0.05) is 11.9 Å². The van der Waals surface area contributed by atoms with Crippen LogP contribution in [-0.2, 0) is 20.4 Å². The Kier molecular flexibility index (Phi) is 5.46. The second-order valence-electron chi connectivity index (χ2n) is 7.61. The van der Waals surface area contributed by atoms with E-state index in [4.69, 9.17) is 14.2 Å². The van der Waals surface area contributed by atoms with Crippen molar-refractivity contribution >= 4 is 11.8 Å². The summed E-state index contributed by atoms with van der Waals surface area (Å²) in [7, 11) is 0. The lowest BCUT2D eigenvalue weighted by Crippen LogP contribution is -2.34. The average molecular weight is 461 g/mol. The minimum atomic E-state index is -4.52. The first-order valence-electron chi connectivity index (χ1n) is 10.1. The number of nitrogens with zero attached hydrogens (tertiary/aromatic N) is 4. The molecular weight excluding hydrogens is 443 g/mol. The summed E-state index contributed by atoms with van der Waals surface area (Å²) in [6.45, 7) is 0.360. The van der Waals surface area contributed by atoms with Crippen LogP contribution in [0.4, 0.5) is 23.7 Å². The lowest BCUT2D eigenvalue weighted by Gasteiger charge is -2.17. The molecule has 2 saturated heterocycles. The fraction of sp³-hybridized carbons (Fsp3) is 0.333. The van der Waals surface area contributed by atoms with Crippen molar-refractivity contribution in [3.63, 3.8) is 0 Å². The molecule has 0 spiro atoms. The smallest absolute Gasteiger partial charge is 0.416 e. The van der Waals surface area contributed by atoms with Crippen molar-refractivity contribution in [2.24, 2.45) is 0 Å². The maximum absolute atomic E-state index is 12.9. The fourth-order valence-electron chi connectivity index (χ4n) is 3.90. The Morgan fingerprint density at radius 3 is 2.73 bits per heavy atom. The molecule has 0 unspecified atom stereocenters. The average Bonchev–Trinajstić information content (AvgIpc) is 3.52. The predicted molar refractivity (Wildman–Crippen MR) is 107 cm³/mol. The van der Waals surface area contributed by atoms with E-state index < -0.39 is 36.1 Å². The number of amides is 1. The second-order valence-corrected chi connectivity index (χ2v) is 7.61. The number of ether oxygens (including phenoxy) is 3. The molecule has 5 rings (SSSR count). The molecule has 1 N–H and O–H groups in total. The van der Waals surface area contributed by atoms with Crippen LogP contribution in [0, 0.1) is 0 Å². The molecule has 0 saturated carbocycles. The van der Waals surface area contributed by atoms with Gasteiger partial charge < -0.3 is 14.2 Å². The van der Waals surface area contributed by atoms with Crippen LogP contribution in [0.1, 0.15) is 11.6 Å². The van der Waals surface area contributed by atoms with Crippen LogP contribution in [0.2, 0.25) is 0 Å². The third kappa shape index (κ3) is 4.39. The number of hydrogen-bond acceptors (Lipinski definition) is 7. The predicted octanol–water partition coefficient (Wildman–Crippen LogP) is 3.31. The molecule has 9 nitrogen and oxygen atoms in total. The van der Waals surface area contributed by atoms with Crippen molar-refractivity contribution in [2.45, 2.75) is 30.5 Å². The molecule has 33 heavy (non-hydrogen) atoms. The molecule has 12 heteroatoms. The lowest BCUT2D eigenvalue weighted by atomic mass is 10.1. The zero-order valence-electron chi connectivity index (χ0n) is 17.0. The van der Waals surface area contributed by atoms with Crippen LogP contribution in [0.25, 0.3) is 11.4 Å². The summed E-state index contributed by atoms with van der Waals surface area (Å²) in [4.78, 5) is 16.5. The summed E-state index contributed by atoms with van der Waals surface area (Å²) in [5, 5.41) is 10.6.